The summed E-state index contributed by atoms with van der Waals surface area (Å²) < 4.78 is 21.0. The highest BCUT2D eigenvalue weighted by Crippen LogP contribution is 2.31. The SMILES string of the molecule is COCCOCCOc1cc2cc(C(=O)O)c(=O)[nH]c2cc1OC. The van der Waals surface area contributed by atoms with E-state index in [9.17, 15) is 9.59 Å². The monoisotopic (exact) mass is 337 g/mol. The molecule has 8 nitrogen and oxygen atoms in total. The molecule has 0 aliphatic carbocycles. The van der Waals surface area contributed by atoms with Crippen molar-refractivity contribution in [2.75, 3.05) is 40.6 Å². The molecule has 130 valence electrons. The number of H-pyrrole nitrogens is 1. The first-order valence-corrected chi connectivity index (χ1v) is 7.24. The maximum absolute atomic E-state index is 11.7. The molecule has 2 rings (SSSR count). The van der Waals surface area contributed by atoms with Crippen molar-refractivity contribution in [3.8, 4) is 11.5 Å². The summed E-state index contributed by atoms with van der Waals surface area (Å²) in [6, 6.07) is 4.51. The lowest BCUT2D eigenvalue weighted by molar-refractivity contribution is 0.0540. The van der Waals surface area contributed by atoms with E-state index in [0.29, 0.717) is 48.8 Å². The smallest absolute Gasteiger partial charge is 0.341 e. The van der Waals surface area contributed by atoms with E-state index >= 15 is 0 Å². The number of carboxylic acids is 1. The number of benzene rings is 1. The summed E-state index contributed by atoms with van der Waals surface area (Å²) in [4.78, 5) is 25.3. The van der Waals surface area contributed by atoms with Crippen molar-refractivity contribution in [1.82, 2.24) is 4.98 Å². The Balaban J connectivity index is 2.20. The highest BCUT2D eigenvalue weighted by Gasteiger charge is 2.13. The lowest BCUT2D eigenvalue weighted by Gasteiger charge is -2.12. The van der Waals surface area contributed by atoms with Crippen LogP contribution in [0.2, 0.25) is 0 Å². The fraction of sp³-hybridized carbons (Fsp3) is 0.375. The average molecular weight is 337 g/mol. The van der Waals surface area contributed by atoms with Crippen molar-refractivity contribution >= 4 is 16.9 Å². The van der Waals surface area contributed by atoms with Gasteiger partial charge in [-0.1, -0.05) is 0 Å². The van der Waals surface area contributed by atoms with Crippen molar-refractivity contribution < 1.29 is 28.8 Å². The van der Waals surface area contributed by atoms with E-state index in [-0.39, 0.29) is 5.56 Å². The number of methoxy groups -OCH3 is 2. The number of hydrogen-bond donors (Lipinski definition) is 2. The summed E-state index contributed by atoms with van der Waals surface area (Å²) in [5, 5.41) is 9.57. The zero-order valence-corrected chi connectivity index (χ0v) is 13.5. The van der Waals surface area contributed by atoms with Crippen LogP contribution in [0.15, 0.2) is 23.0 Å². The van der Waals surface area contributed by atoms with Crippen LogP contribution < -0.4 is 15.0 Å². The van der Waals surface area contributed by atoms with E-state index in [2.05, 4.69) is 4.98 Å². The first-order chi connectivity index (χ1) is 11.6. The quantitative estimate of drug-likeness (QED) is 0.664. The van der Waals surface area contributed by atoms with E-state index in [1.54, 1.807) is 19.2 Å². The van der Waals surface area contributed by atoms with Crippen LogP contribution in [-0.4, -0.2) is 56.7 Å². The third kappa shape index (κ3) is 4.24. The van der Waals surface area contributed by atoms with E-state index in [4.69, 9.17) is 24.1 Å². The van der Waals surface area contributed by atoms with Crippen LogP contribution in [0.5, 0.6) is 11.5 Å². The number of hydrogen-bond acceptors (Lipinski definition) is 6. The largest absolute Gasteiger partial charge is 0.493 e. The van der Waals surface area contributed by atoms with Crippen molar-refractivity contribution in [3.63, 3.8) is 0 Å². The molecular formula is C16H19NO7. The zero-order chi connectivity index (χ0) is 17.5. The molecule has 0 spiro atoms. The minimum absolute atomic E-state index is 0.292. The Hall–Kier alpha value is -2.58. The second-order valence-corrected chi connectivity index (χ2v) is 4.86. The Morgan fingerprint density at radius 1 is 1.08 bits per heavy atom. The number of pyridine rings is 1. The molecule has 2 N–H and O–H groups in total. The van der Waals surface area contributed by atoms with Gasteiger partial charge in [0.1, 0.15) is 12.2 Å². The van der Waals surface area contributed by atoms with Crippen LogP contribution in [-0.2, 0) is 9.47 Å². The van der Waals surface area contributed by atoms with E-state index < -0.39 is 11.5 Å². The maximum atomic E-state index is 11.7. The molecule has 24 heavy (non-hydrogen) atoms. The molecule has 0 saturated heterocycles. The average Bonchev–Trinajstić information content (AvgIpc) is 2.56. The van der Waals surface area contributed by atoms with Crippen LogP contribution in [0.25, 0.3) is 10.9 Å². The van der Waals surface area contributed by atoms with E-state index in [1.807, 2.05) is 0 Å². The van der Waals surface area contributed by atoms with Gasteiger partial charge in [0.2, 0.25) is 0 Å². The third-order valence-corrected chi connectivity index (χ3v) is 3.28. The number of rotatable bonds is 9. The molecule has 0 radical (unpaired) electrons. The normalized spacial score (nSPS) is 10.8. The molecule has 0 aliphatic rings. The molecule has 0 atom stereocenters. The zero-order valence-electron chi connectivity index (χ0n) is 13.5. The third-order valence-electron chi connectivity index (χ3n) is 3.28. The number of carbonyl (C=O) groups is 1. The fourth-order valence-corrected chi connectivity index (χ4v) is 2.10. The molecule has 8 heteroatoms. The number of fused-ring (bicyclic) bond motifs is 1. The van der Waals surface area contributed by atoms with Gasteiger partial charge in [-0.25, -0.2) is 4.79 Å². The van der Waals surface area contributed by atoms with Crippen LogP contribution in [0.3, 0.4) is 0 Å². The van der Waals surface area contributed by atoms with E-state index in [0.717, 1.165) is 0 Å². The second kappa shape index (κ2) is 8.32. The summed E-state index contributed by atoms with van der Waals surface area (Å²) in [5.41, 5.74) is -0.538. The van der Waals surface area contributed by atoms with Gasteiger partial charge in [0.05, 0.1) is 32.4 Å². The molecule has 0 aliphatic heterocycles. The minimum Gasteiger partial charge on any atom is -0.493 e. The summed E-state index contributed by atoms with van der Waals surface area (Å²) in [7, 11) is 3.07. The molecule has 1 heterocycles. The molecule has 1 aromatic carbocycles. The predicted octanol–water partition coefficient (Wildman–Crippen LogP) is 1.28. The van der Waals surface area contributed by atoms with Crippen molar-refractivity contribution in [3.05, 3.63) is 34.1 Å². The maximum Gasteiger partial charge on any atom is 0.341 e. The fourth-order valence-electron chi connectivity index (χ4n) is 2.10. The van der Waals surface area contributed by atoms with Gasteiger partial charge < -0.3 is 29.0 Å². The van der Waals surface area contributed by atoms with Gasteiger partial charge in [-0.15, -0.1) is 0 Å². The van der Waals surface area contributed by atoms with Gasteiger partial charge in [0.25, 0.3) is 5.56 Å². The number of aromatic amines is 1. The Kier molecular flexibility index (Phi) is 6.16. The highest BCUT2D eigenvalue weighted by atomic mass is 16.5. The number of nitrogens with one attached hydrogen (secondary N) is 1. The number of carboxylic acid groups (broad SMARTS) is 1. The lowest BCUT2D eigenvalue weighted by atomic mass is 10.1. The summed E-state index contributed by atoms with van der Waals surface area (Å²) in [5.74, 6) is -0.426. The lowest BCUT2D eigenvalue weighted by Crippen LogP contribution is -2.17. The standard InChI is InChI=1S/C16H19NO7/c1-21-3-4-23-5-6-24-14-8-10-7-11(16(19)20)15(18)17-12(10)9-13(14)22-2/h7-9H,3-6H2,1-2H3,(H,17,18)(H,19,20). The van der Waals surface area contributed by atoms with Crippen LogP contribution in [0.4, 0.5) is 0 Å². The Bertz CT molecular complexity index is 769. The van der Waals surface area contributed by atoms with Crippen LogP contribution in [0.1, 0.15) is 10.4 Å². The van der Waals surface area contributed by atoms with Gasteiger partial charge in [-0.2, -0.15) is 0 Å². The molecule has 0 unspecified atom stereocenters. The molecule has 0 fully saturated rings. The summed E-state index contributed by atoms with van der Waals surface area (Å²) in [6.45, 7) is 1.64. The highest BCUT2D eigenvalue weighted by molar-refractivity contribution is 5.93. The number of ether oxygens (including phenoxy) is 4. The topological polar surface area (TPSA) is 107 Å². The molecular weight excluding hydrogens is 318 g/mol. The summed E-state index contributed by atoms with van der Waals surface area (Å²) >= 11 is 0. The van der Waals surface area contributed by atoms with Crippen LogP contribution >= 0.6 is 0 Å². The van der Waals surface area contributed by atoms with Crippen LogP contribution in [0, 0.1) is 0 Å². The summed E-state index contributed by atoms with van der Waals surface area (Å²) in [6.07, 6.45) is 0. The van der Waals surface area contributed by atoms with Gasteiger partial charge in [0.15, 0.2) is 11.5 Å². The first kappa shape index (κ1) is 17.8. The van der Waals surface area contributed by atoms with Gasteiger partial charge >= 0.3 is 5.97 Å². The van der Waals surface area contributed by atoms with Crippen molar-refractivity contribution in [2.24, 2.45) is 0 Å². The molecule has 0 amide bonds. The molecule has 0 saturated carbocycles. The Labute approximate surface area is 137 Å². The number of aromatic nitrogens is 1. The predicted molar refractivity (Wildman–Crippen MR) is 86.3 cm³/mol. The Morgan fingerprint density at radius 2 is 1.83 bits per heavy atom. The Morgan fingerprint density at radius 3 is 2.50 bits per heavy atom. The van der Waals surface area contributed by atoms with Gasteiger partial charge in [0, 0.05) is 18.6 Å². The first-order valence-electron chi connectivity index (χ1n) is 7.24. The minimum atomic E-state index is -1.29. The van der Waals surface area contributed by atoms with Crippen molar-refractivity contribution in [2.45, 2.75) is 0 Å². The van der Waals surface area contributed by atoms with E-state index in [1.165, 1.54) is 13.2 Å². The van der Waals surface area contributed by atoms with Gasteiger partial charge in [-0.05, 0) is 12.1 Å². The van der Waals surface area contributed by atoms with Crippen molar-refractivity contribution in [1.29, 1.82) is 0 Å². The van der Waals surface area contributed by atoms with Gasteiger partial charge in [-0.3, -0.25) is 4.79 Å². The number of aromatic carboxylic acids is 1. The molecule has 1 aromatic heterocycles. The molecule has 2 aromatic rings. The molecule has 0 bridgehead atoms. The second-order valence-electron chi connectivity index (χ2n) is 4.86.